The molecule has 0 bridgehead atoms. The van der Waals surface area contributed by atoms with Crippen molar-refractivity contribution in [2.24, 2.45) is 7.05 Å². The van der Waals surface area contributed by atoms with Gasteiger partial charge >= 0.3 is 5.69 Å². The summed E-state index contributed by atoms with van der Waals surface area (Å²) in [5.74, 6) is 0. The number of nitrogens with zero attached hydrogens (tertiary/aromatic N) is 7. The number of anilines is 1. The van der Waals surface area contributed by atoms with E-state index in [0.717, 1.165) is 14.6 Å². The van der Waals surface area contributed by atoms with E-state index in [4.69, 9.17) is 0 Å². The Morgan fingerprint density at radius 1 is 1.14 bits per heavy atom. The molecule has 1 fully saturated rings. The number of fused-ring (bicyclic) bond motifs is 1. The van der Waals surface area contributed by atoms with E-state index in [1.807, 2.05) is 11.5 Å². The molecule has 0 amide bonds. The monoisotopic (exact) mass is 515 g/mol. The summed E-state index contributed by atoms with van der Waals surface area (Å²) in [7, 11) is -1.41. The van der Waals surface area contributed by atoms with Gasteiger partial charge in [-0.1, -0.05) is 0 Å². The molecule has 3 aromatic heterocycles. The van der Waals surface area contributed by atoms with E-state index in [1.165, 1.54) is 16.7 Å². The first kappa shape index (κ1) is 24.0. The predicted octanol–water partition coefficient (Wildman–Crippen LogP) is 1.04. The average Bonchev–Trinajstić information content (AvgIpc) is 3.30. The molecule has 3 heterocycles. The molecule has 0 N–H and O–H groups in total. The first-order valence-electron chi connectivity index (χ1n) is 11.5. The van der Waals surface area contributed by atoms with Gasteiger partial charge in [-0.2, -0.15) is 5.10 Å². The Balaban J connectivity index is 1.73. The number of rotatable bonds is 9. The quantitative estimate of drug-likeness (QED) is 0.333. The minimum atomic E-state index is -3.14. The Labute approximate surface area is 207 Å². The third kappa shape index (κ3) is 4.02. The highest BCUT2D eigenvalue weighted by atomic mass is 32.2. The zero-order chi connectivity index (χ0) is 25.6. The van der Waals surface area contributed by atoms with Gasteiger partial charge in [0.1, 0.15) is 6.67 Å². The molecule has 13 heteroatoms. The molecular formula is C23H26FN7O4S. The topological polar surface area (TPSA) is 117 Å². The Morgan fingerprint density at radius 3 is 2.53 bits per heavy atom. The average molecular weight is 516 g/mol. The molecule has 11 nitrogen and oxygen atoms in total. The second-order valence-corrected chi connectivity index (χ2v) is 9.94. The maximum absolute atomic E-state index is 13.8. The molecule has 0 unspecified atom stereocenters. The molecule has 36 heavy (non-hydrogen) atoms. The van der Waals surface area contributed by atoms with Gasteiger partial charge in [0.25, 0.3) is 5.56 Å². The number of imidazole rings is 1. The molecule has 1 saturated carbocycles. The molecule has 0 aliphatic heterocycles. The summed E-state index contributed by atoms with van der Waals surface area (Å²) in [6.07, 6.45) is 7.42. The van der Waals surface area contributed by atoms with Gasteiger partial charge in [-0.05, 0) is 38.0 Å². The van der Waals surface area contributed by atoms with Crippen LogP contribution in [0, 0.1) is 0 Å². The van der Waals surface area contributed by atoms with Crippen LogP contribution in [0.4, 0.5) is 10.1 Å². The number of aryl methyl sites for hydroxylation is 2. The third-order valence-corrected chi connectivity index (χ3v) is 7.68. The van der Waals surface area contributed by atoms with Crippen molar-refractivity contribution in [3.05, 3.63) is 75.2 Å². The van der Waals surface area contributed by atoms with Crippen LogP contribution < -0.4 is 15.6 Å². The van der Waals surface area contributed by atoms with Gasteiger partial charge < -0.3 is 4.57 Å². The fraction of sp³-hybridized carbons (Fsp3) is 0.391. The van der Waals surface area contributed by atoms with Crippen molar-refractivity contribution in [3.8, 4) is 0 Å². The second-order valence-electron chi connectivity index (χ2n) is 9.06. The molecule has 1 aliphatic carbocycles. The Bertz CT molecular complexity index is 1640. The smallest absolute Gasteiger partial charge is 0.332 e. The highest BCUT2D eigenvalue weighted by Crippen LogP contribution is 2.45. The molecule has 0 spiro atoms. The van der Waals surface area contributed by atoms with Gasteiger partial charge in [0.05, 0.1) is 53.4 Å². The fourth-order valence-corrected chi connectivity index (χ4v) is 5.50. The normalized spacial score (nSPS) is 14.6. The molecule has 1 aliphatic rings. The first-order chi connectivity index (χ1) is 17.3. The van der Waals surface area contributed by atoms with E-state index in [9.17, 15) is 22.4 Å². The number of hydrogen-bond donors (Lipinski definition) is 1. The van der Waals surface area contributed by atoms with Crippen LogP contribution in [0.3, 0.4) is 0 Å². The Kier molecular flexibility index (Phi) is 6.02. The van der Waals surface area contributed by atoms with E-state index in [2.05, 4.69) is 10.1 Å². The van der Waals surface area contributed by atoms with Gasteiger partial charge in [0.15, 0.2) is 0 Å². The lowest BCUT2D eigenvalue weighted by Crippen LogP contribution is -2.41. The minimum Gasteiger partial charge on any atom is -0.333 e. The van der Waals surface area contributed by atoms with Crippen molar-refractivity contribution in [2.45, 2.75) is 44.9 Å². The molecule has 0 radical (unpaired) electrons. The van der Waals surface area contributed by atoms with Crippen molar-refractivity contribution >= 4 is 27.5 Å². The molecule has 190 valence electrons. The highest BCUT2D eigenvalue weighted by molar-refractivity contribution is 7.74. The van der Waals surface area contributed by atoms with Crippen LogP contribution in [-0.4, -0.2) is 49.1 Å². The summed E-state index contributed by atoms with van der Waals surface area (Å²) in [5.41, 5.74) is -0.200. The summed E-state index contributed by atoms with van der Waals surface area (Å²) in [6.45, 7) is 1.94. The highest BCUT2D eigenvalue weighted by Gasteiger charge is 2.50. The van der Waals surface area contributed by atoms with Crippen LogP contribution in [0.2, 0.25) is 0 Å². The zero-order valence-corrected chi connectivity index (χ0v) is 20.8. The lowest BCUT2D eigenvalue weighted by atomic mass is 10.1. The van der Waals surface area contributed by atoms with E-state index in [-0.39, 0.29) is 24.2 Å². The lowest BCUT2D eigenvalue weighted by Gasteiger charge is -2.26. The standard InChI is InChI=1S/C23H26FN7O4S/c1-3-28-15-25-10-18(28)13-29-20-5-4-17(31(36(34)35)23(14-24)6-7-23)8-19(20)21(32)30(22(29)33)12-16-9-26-27(2)11-16/h4-5,8-11,15,36H,3,6-7,12-14H2,1-2H3. The largest absolute Gasteiger partial charge is 0.333 e. The number of thiol groups is 1. The van der Waals surface area contributed by atoms with Crippen molar-refractivity contribution in [3.63, 3.8) is 0 Å². The van der Waals surface area contributed by atoms with Crippen LogP contribution >= 0.6 is 0 Å². The Morgan fingerprint density at radius 2 is 1.92 bits per heavy atom. The maximum Gasteiger partial charge on any atom is 0.332 e. The predicted molar refractivity (Wildman–Crippen MR) is 133 cm³/mol. The van der Waals surface area contributed by atoms with Crippen LogP contribution in [0.1, 0.15) is 31.0 Å². The number of hydrogen-bond acceptors (Lipinski definition) is 6. The number of halogens is 1. The number of aromatic nitrogens is 6. The van der Waals surface area contributed by atoms with E-state index in [0.29, 0.717) is 30.5 Å². The summed E-state index contributed by atoms with van der Waals surface area (Å²) in [6, 6.07) is 4.50. The van der Waals surface area contributed by atoms with Crippen molar-refractivity contribution in [2.75, 3.05) is 11.0 Å². The number of alkyl halides is 1. The van der Waals surface area contributed by atoms with Crippen LogP contribution in [-0.2, 0) is 37.6 Å². The summed E-state index contributed by atoms with van der Waals surface area (Å²) < 4.78 is 45.1. The molecule has 1 aromatic carbocycles. The fourth-order valence-electron chi connectivity index (χ4n) is 4.59. The lowest BCUT2D eigenvalue weighted by molar-refractivity contribution is 0.417. The molecular weight excluding hydrogens is 489 g/mol. The maximum atomic E-state index is 13.8. The van der Waals surface area contributed by atoms with Gasteiger partial charge in [-0.15, -0.1) is 0 Å². The third-order valence-electron chi connectivity index (χ3n) is 6.70. The van der Waals surface area contributed by atoms with Gasteiger partial charge in [-0.25, -0.2) is 22.6 Å². The van der Waals surface area contributed by atoms with E-state index < -0.39 is 34.4 Å². The first-order valence-corrected chi connectivity index (χ1v) is 12.7. The molecule has 0 saturated heterocycles. The summed E-state index contributed by atoms with van der Waals surface area (Å²) in [4.78, 5) is 31.3. The van der Waals surface area contributed by atoms with Crippen LogP contribution in [0.5, 0.6) is 0 Å². The van der Waals surface area contributed by atoms with Crippen molar-refractivity contribution in [1.29, 1.82) is 0 Å². The summed E-state index contributed by atoms with van der Waals surface area (Å²) >= 11 is 0. The van der Waals surface area contributed by atoms with Crippen LogP contribution in [0.15, 0.2) is 52.7 Å². The second kappa shape index (κ2) is 9.04. The summed E-state index contributed by atoms with van der Waals surface area (Å²) in [5, 5.41) is 4.27. The van der Waals surface area contributed by atoms with Gasteiger partial charge in [0.2, 0.25) is 10.9 Å². The van der Waals surface area contributed by atoms with Gasteiger partial charge in [-0.3, -0.25) is 22.9 Å². The van der Waals surface area contributed by atoms with Crippen LogP contribution in [0.25, 0.3) is 10.9 Å². The van der Waals surface area contributed by atoms with Gasteiger partial charge in [0, 0.05) is 31.5 Å². The minimum absolute atomic E-state index is 0.00728. The van der Waals surface area contributed by atoms with Crippen molar-refractivity contribution in [1.82, 2.24) is 28.5 Å². The number of benzene rings is 1. The molecule has 4 aromatic rings. The molecule has 0 atom stereocenters. The molecule has 5 rings (SSSR count). The Hall–Kier alpha value is -3.74. The SMILES string of the molecule is CCn1cncc1Cn1c(=O)n(Cc2cnn(C)c2)c(=O)c2cc(N([SH](=O)=O)C3(CF)CC3)ccc21. The van der Waals surface area contributed by atoms with E-state index in [1.54, 1.807) is 42.7 Å². The van der Waals surface area contributed by atoms with E-state index >= 15 is 0 Å². The zero-order valence-electron chi connectivity index (χ0n) is 19.9. The van der Waals surface area contributed by atoms with Crippen molar-refractivity contribution < 1.29 is 12.8 Å².